The van der Waals surface area contributed by atoms with E-state index in [0.717, 1.165) is 23.7 Å². The van der Waals surface area contributed by atoms with Crippen LogP contribution in [0.5, 0.6) is 0 Å². The lowest BCUT2D eigenvalue weighted by Crippen LogP contribution is -2.40. The van der Waals surface area contributed by atoms with Crippen molar-refractivity contribution < 1.29 is 9.53 Å². The summed E-state index contributed by atoms with van der Waals surface area (Å²) in [6.45, 7) is 1.54. The Morgan fingerprint density at radius 2 is 2.00 bits per heavy atom. The van der Waals surface area contributed by atoms with Gasteiger partial charge >= 0.3 is 5.97 Å². The highest BCUT2D eigenvalue weighted by Gasteiger charge is 2.57. The van der Waals surface area contributed by atoms with E-state index in [4.69, 9.17) is 4.74 Å². The van der Waals surface area contributed by atoms with E-state index in [1.807, 2.05) is 0 Å². The first-order chi connectivity index (χ1) is 6.25. The summed E-state index contributed by atoms with van der Waals surface area (Å²) in [4.78, 5) is 10.9. The number of esters is 1. The Hall–Kier alpha value is -0.530. The number of hydrogen-bond acceptors (Lipinski definition) is 2. The van der Waals surface area contributed by atoms with Crippen molar-refractivity contribution in [3.8, 4) is 0 Å². The summed E-state index contributed by atoms with van der Waals surface area (Å²) < 4.78 is 5.44. The van der Waals surface area contributed by atoms with Gasteiger partial charge in [-0.05, 0) is 49.4 Å². The Balaban J connectivity index is 1.81. The van der Waals surface area contributed by atoms with Gasteiger partial charge in [0, 0.05) is 6.92 Å². The molecule has 4 aliphatic carbocycles. The fraction of sp³-hybridized carbons (Fsp3) is 0.909. The number of ether oxygens (including phenoxy) is 1. The molecule has 0 radical (unpaired) electrons. The zero-order valence-electron chi connectivity index (χ0n) is 8.03. The van der Waals surface area contributed by atoms with Crippen LogP contribution >= 0.6 is 0 Å². The SMILES string of the molecule is CC(=O)O[C@@H]1C2CCC3CC2CC31. The van der Waals surface area contributed by atoms with Gasteiger partial charge in [0.1, 0.15) is 6.10 Å². The molecule has 4 aliphatic rings. The van der Waals surface area contributed by atoms with Gasteiger partial charge in [-0.15, -0.1) is 0 Å². The second-order valence-corrected chi connectivity index (χ2v) is 4.97. The van der Waals surface area contributed by atoms with Crippen LogP contribution in [0.25, 0.3) is 0 Å². The molecule has 5 atom stereocenters. The minimum absolute atomic E-state index is 0.0804. The van der Waals surface area contributed by atoms with Gasteiger partial charge in [0.2, 0.25) is 0 Å². The molecule has 4 fully saturated rings. The molecular weight excluding hydrogens is 164 g/mol. The van der Waals surface area contributed by atoms with E-state index in [0.29, 0.717) is 6.10 Å². The maximum absolute atomic E-state index is 10.9. The number of hydrogen-bond donors (Lipinski definition) is 0. The molecule has 4 unspecified atom stereocenters. The van der Waals surface area contributed by atoms with E-state index in [2.05, 4.69) is 0 Å². The predicted molar refractivity (Wildman–Crippen MR) is 48.0 cm³/mol. The van der Waals surface area contributed by atoms with Crippen LogP contribution < -0.4 is 0 Å². The molecule has 4 saturated carbocycles. The van der Waals surface area contributed by atoms with Gasteiger partial charge in [-0.25, -0.2) is 0 Å². The van der Waals surface area contributed by atoms with Gasteiger partial charge in [-0.3, -0.25) is 4.79 Å². The second kappa shape index (κ2) is 2.49. The van der Waals surface area contributed by atoms with Crippen LogP contribution in [0.15, 0.2) is 0 Å². The lowest BCUT2D eigenvalue weighted by molar-refractivity contribution is -0.156. The van der Waals surface area contributed by atoms with Gasteiger partial charge < -0.3 is 4.74 Å². The third-order valence-electron chi connectivity index (χ3n) is 4.41. The van der Waals surface area contributed by atoms with Crippen LogP contribution in [0.2, 0.25) is 0 Å². The number of carbonyl (C=O) groups excluding carboxylic acids is 1. The highest BCUT2D eigenvalue weighted by molar-refractivity contribution is 5.66. The summed E-state index contributed by atoms with van der Waals surface area (Å²) in [7, 11) is 0. The Bertz CT molecular complexity index is 242. The topological polar surface area (TPSA) is 26.3 Å². The lowest BCUT2D eigenvalue weighted by Gasteiger charge is -2.41. The van der Waals surface area contributed by atoms with Crippen molar-refractivity contribution in [1.29, 1.82) is 0 Å². The van der Waals surface area contributed by atoms with Crippen molar-refractivity contribution in [3.05, 3.63) is 0 Å². The molecule has 4 rings (SSSR count). The first kappa shape index (κ1) is 7.84. The van der Waals surface area contributed by atoms with Crippen molar-refractivity contribution in [2.45, 2.75) is 38.7 Å². The average Bonchev–Trinajstić information content (AvgIpc) is 2.56. The Morgan fingerprint density at radius 1 is 1.15 bits per heavy atom. The van der Waals surface area contributed by atoms with Gasteiger partial charge in [0.05, 0.1) is 0 Å². The third-order valence-corrected chi connectivity index (χ3v) is 4.41. The highest BCUT2D eigenvalue weighted by Crippen LogP contribution is 2.60. The number of carbonyl (C=O) groups is 1. The van der Waals surface area contributed by atoms with Crippen LogP contribution in [0.3, 0.4) is 0 Å². The Kier molecular flexibility index (Phi) is 1.50. The standard InChI is InChI=1S/C11H16O2/c1-6(12)13-11-9-3-2-7-4-8(9)5-10(7)11/h7-11H,2-5H2,1H3/t7?,8?,9?,10?,11-/m1/s1. The quantitative estimate of drug-likeness (QED) is 0.577. The van der Waals surface area contributed by atoms with Gasteiger partial charge in [-0.1, -0.05) is 0 Å². The highest BCUT2D eigenvalue weighted by atomic mass is 16.5. The summed E-state index contributed by atoms with van der Waals surface area (Å²) >= 11 is 0. The van der Waals surface area contributed by atoms with Gasteiger partial charge in [0.15, 0.2) is 0 Å². The molecule has 0 N–H and O–H groups in total. The maximum Gasteiger partial charge on any atom is 0.302 e. The summed E-state index contributed by atoms with van der Waals surface area (Å²) in [6, 6.07) is 0. The van der Waals surface area contributed by atoms with E-state index in [-0.39, 0.29) is 5.97 Å². The molecule has 0 spiro atoms. The van der Waals surface area contributed by atoms with Gasteiger partial charge in [0.25, 0.3) is 0 Å². The monoisotopic (exact) mass is 180 g/mol. The van der Waals surface area contributed by atoms with Crippen LogP contribution in [0.1, 0.15) is 32.6 Å². The Morgan fingerprint density at radius 3 is 2.62 bits per heavy atom. The molecule has 2 nitrogen and oxygen atoms in total. The molecule has 2 heteroatoms. The molecule has 0 heterocycles. The van der Waals surface area contributed by atoms with Crippen LogP contribution in [-0.4, -0.2) is 12.1 Å². The maximum atomic E-state index is 10.9. The lowest BCUT2D eigenvalue weighted by atomic mass is 9.69. The molecule has 72 valence electrons. The summed E-state index contributed by atoms with van der Waals surface area (Å²) in [5, 5.41) is 0. The fourth-order valence-corrected chi connectivity index (χ4v) is 4.04. The van der Waals surface area contributed by atoms with Crippen molar-refractivity contribution in [1.82, 2.24) is 0 Å². The van der Waals surface area contributed by atoms with E-state index >= 15 is 0 Å². The van der Waals surface area contributed by atoms with Crippen molar-refractivity contribution in [2.75, 3.05) is 0 Å². The van der Waals surface area contributed by atoms with Gasteiger partial charge in [-0.2, -0.15) is 0 Å². The molecule has 0 saturated heterocycles. The van der Waals surface area contributed by atoms with Crippen LogP contribution in [0, 0.1) is 23.7 Å². The van der Waals surface area contributed by atoms with E-state index < -0.39 is 0 Å². The van der Waals surface area contributed by atoms with E-state index in [1.165, 1.54) is 25.7 Å². The second-order valence-electron chi connectivity index (χ2n) is 4.97. The number of rotatable bonds is 1. The molecule has 0 aliphatic heterocycles. The molecular formula is C11H16O2. The minimum atomic E-state index is -0.0804. The normalized spacial score (nSPS) is 51.3. The fourth-order valence-electron chi connectivity index (χ4n) is 4.04. The average molecular weight is 180 g/mol. The Labute approximate surface area is 78.6 Å². The first-order valence-electron chi connectivity index (χ1n) is 5.43. The molecule has 13 heavy (non-hydrogen) atoms. The van der Waals surface area contributed by atoms with Crippen molar-refractivity contribution in [3.63, 3.8) is 0 Å². The third kappa shape index (κ3) is 0.976. The molecule has 0 aromatic heterocycles. The van der Waals surface area contributed by atoms with E-state index in [9.17, 15) is 4.79 Å². The molecule has 0 aromatic carbocycles. The minimum Gasteiger partial charge on any atom is -0.462 e. The first-order valence-corrected chi connectivity index (χ1v) is 5.43. The smallest absolute Gasteiger partial charge is 0.302 e. The molecule has 0 amide bonds. The summed E-state index contributed by atoms with van der Waals surface area (Å²) in [5.74, 6) is 3.15. The van der Waals surface area contributed by atoms with Crippen molar-refractivity contribution >= 4 is 5.97 Å². The zero-order valence-corrected chi connectivity index (χ0v) is 8.03. The predicted octanol–water partition coefficient (Wildman–Crippen LogP) is 1.98. The largest absolute Gasteiger partial charge is 0.462 e. The number of fused-ring (bicyclic) bond motifs is 1. The molecule has 4 bridgehead atoms. The van der Waals surface area contributed by atoms with Crippen LogP contribution in [-0.2, 0) is 9.53 Å². The summed E-state index contributed by atoms with van der Waals surface area (Å²) in [6.07, 6.45) is 5.77. The van der Waals surface area contributed by atoms with Crippen LogP contribution in [0.4, 0.5) is 0 Å². The van der Waals surface area contributed by atoms with Crippen molar-refractivity contribution in [2.24, 2.45) is 23.7 Å². The zero-order chi connectivity index (χ0) is 9.00. The van der Waals surface area contributed by atoms with E-state index in [1.54, 1.807) is 6.92 Å². The molecule has 0 aromatic rings. The summed E-state index contributed by atoms with van der Waals surface area (Å²) in [5.41, 5.74) is 0.